The normalized spacial score (nSPS) is 10.6. The lowest BCUT2D eigenvalue weighted by atomic mass is 10.2. The van der Waals surface area contributed by atoms with E-state index in [0.717, 1.165) is 0 Å². The van der Waals surface area contributed by atoms with E-state index in [9.17, 15) is 4.79 Å². The van der Waals surface area contributed by atoms with Crippen molar-refractivity contribution < 1.29 is 9.53 Å². The number of esters is 1. The Hall–Kier alpha value is -1.55. The Morgan fingerprint density at radius 1 is 1.67 bits per heavy atom. The highest BCUT2D eigenvalue weighted by Gasteiger charge is 2.12. The maximum Gasteiger partial charge on any atom is 0.338 e. The van der Waals surface area contributed by atoms with Gasteiger partial charge in [0.1, 0.15) is 5.92 Å². The lowest BCUT2D eigenvalue weighted by Crippen LogP contribution is -2.09. The Morgan fingerprint density at radius 3 is 2.56 bits per heavy atom. The lowest BCUT2D eigenvalue weighted by Gasteiger charge is -1.92. The maximum absolute atomic E-state index is 10.3. The smallest absolute Gasteiger partial charge is 0.338 e. The molecule has 1 atom stereocenters. The molecule has 0 aromatic heterocycles. The summed E-state index contributed by atoms with van der Waals surface area (Å²) in [4.78, 5) is 10.3. The van der Waals surface area contributed by atoms with Crippen molar-refractivity contribution >= 4 is 5.97 Å². The summed E-state index contributed by atoms with van der Waals surface area (Å²) < 4.78 is 3.84. The number of rotatable bonds is 1. The fourth-order valence-corrected chi connectivity index (χ4v) is 0.186. The summed E-state index contributed by atoms with van der Waals surface area (Å²) in [5.41, 5.74) is 0. The van der Waals surface area contributed by atoms with E-state index in [1.165, 1.54) is 13.2 Å². The summed E-state index contributed by atoms with van der Waals surface area (Å²) >= 11 is 0. The molecule has 0 saturated heterocycles. The number of hydrogen-bond donors (Lipinski definition) is 0. The monoisotopic (exact) mass is 124 g/mol. The first-order chi connectivity index (χ1) is 4.22. The van der Waals surface area contributed by atoms with Crippen LogP contribution in [0.2, 0.25) is 0 Å². The Bertz CT molecular complexity index is 186. The van der Waals surface area contributed by atoms with Crippen LogP contribution in [0.5, 0.6) is 0 Å². The highest BCUT2D eigenvalue weighted by Crippen LogP contribution is 1.93. The van der Waals surface area contributed by atoms with E-state index in [4.69, 9.17) is 10.5 Å². The molecule has 1 unspecified atom stereocenters. The summed E-state index contributed by atoms with van der Waals surface area (Å²) in [6, 6.07) is 1.62. The fraction of sp³-hybridized carbons (Fsp3) is 0.400. The standard InChI is InChI=1S/C5H4N2O2/c1-4(2-6)5(8)9-3-7/h4H,1H3. The Morgan fingerprint density at radius 2 is 2.22 bits per heavy atom. The summed E-state index contributed by atoms with van der Waals surface area (Å²) in [5.74, 6) is -1.66. The largest absolute Gasteiger partial charge is 0.350 e. The van der Waals surface area contributed by atoms with Gasteiger partial charge in [-0.2, -0.15) is 5.26 Å². The third-order valence-electron chi connectivity index (χ3n) is 0.693. The zero-order chi connectivity index (χ0) is 7.28. The Balaban J connectivity index is 3.81. The average Bonchev–Trinajstić information content (AvgIpc) is 1.87. The highest BCUT2D eigenvalue weighted by molar-refractivity contribution is 5.75. The number of carbonyl (C=O) groups is 1. The van der Waals surface area contributed by atoms with Crippen molar-refractivity contribution in [2.75, 3.05) is 0 Å². The van der Waals surface area contributed by atoms with E-state index in [2.05, 4.69) is 4.74 Å². The van der Waals surface area contributed by atoms with Crippen molar-refractivity contribution in [2.45, 2.75) is 6.92 Å². The van der Waals surface area contributed by atoms with Gasteiger partial charge in [-0.1, -0.05) is 0 Å². The number of ether oxygens (including phenoxy) is 1. The summed E-state index contributed by atoms with van der Waals surface area (Å²) in [5, 5.41) is 15.9. The third kappa shape index (κ3) is 2.30. The van der Waals surface area contributed by atoms with Crippen LogP contribution in [0.4, 0.5) is 0 Å². The second kappa shape index (κ2) is 3.45. The van der Waals surface area contributed by atoms with Gasteiger partial charge in [0.2, 0.25) is 0 Å². The highest BCUT2D eigenvalue weighted by atomic mass is 16.5. The molecule has 0 bridgehead atoms. The molecule has 0 saturated carbocycles. The molecule has 0 amide bonds. The number of hydrogen-bond acceptors (Lipinski definition) is 4. The van der Waals surface area contributed by atoms with Gasteiger partial charge in [0.05, 0.1) is 6.07 Å². The molecule has 4 heteroatoms. The van der Waals surface area contributed by atoms with Crippen molar-refractivity contribution in [2.24, 2.45) is 5.92 Å². The summed E-state index contributed by atoms with van der Waals surface area (Å²) in [7, 11) is 0. The predicted molar refractivity (Wildman–Crippen MR) is 26.5 cm³/mol. The molecule has 0 radical (unpaired) electrons. The lowest BCUT2D eigenvalue weighted by molar-refractivity contribution is -0.139. The van der Waals surface area contributed by atoms with Gasteiger partial charge in [0.25, 0.3) is 6.26 Å². The third-order valence-corrected chi connectivity index (χ3v) is 0.693. The maximum atomic E-state index is 10.3. The van der Waals surface area contributed by atoms with Crippen LogP contribution in [-0.2, 0) is 9.53 Å². The van der Waals surface area contributed by atoms with E-state index < -0.39 is 11.9 Å². The van der Waals surface area contributed by atoms with Crippen LogP contribution < -0.4 is 0 Å². The van der Waals surface area contributed by atoms with Crippen molar-refractivity contribution in [1.82, 2.24) is 0 Å². The van der Waals surface area contributed by atoms with Gasteiger partial charge in [0.15, 0.2) is 0 Å². The molecule has 46 valence electrons. The summed E-state index contributed by atoms with van der Waals surface area (Å²) in [6.07, 6.45) is 1.18. The predicted octanol–water partition coefficient (Wildman–Crippen LogP) is 0.170. The molecule has 0 aliphatic rings. The van der Waals surface area contributed by atoms with Crippen molar-refractivity contribution in [1.29, 1.82) is 10.5 Å². The number of nitrogens with zero attached hydrogens (tertiary/aromatic N) is 2. The van der Waals surface area contributed by atoms with Gasteiger partial charge in [-0.05, 0) is 6.92 Å². The first kappa shape index (κ1) is 7.45. The number of carbonyl (C=O) groups excluding carboxylic acids is 1. The van der Waals surface area contributed by atoms with Crippen LogP contribution in [0.3, 0.4) is 0 Å². The molecule has 0 aromatic rings. The quantitative estimate of drug-likeness (QED) is 0.369. The molecule has 0 aliphatic heterocycles. The van der Waals surface area contributed by atoms with E-state index in [1.54, 1.807) is 6.07 Å². The number of nitriles is 2. The Kier molecular flexibility index (Phi) is 2.86. The van der Waals surface area contributed by atoms with Crippen LogP contribution in [0.15, 0.2) is 0 Å². The van der Waals surface area contributed by atoms with Gasteiger partial charge in [-0.3, -0.25) is 0 Å². The van der Waals surface area contributed by atoms with Gasteiger partial charge >= 0.3 is 5.97 Å². The van der Waals surface area contributed by atoms with Crippen molar-refractivity contribution in [3.63, 3.8) is 0 Å². The molecule has 0 heterocycles. The molecule has 4 nitrogen and oxygen atoms in total. The Labute approximate surface area is 52.3 Å². The summed E-state index contributed by atoms with van der Waals surface area (Å²) in [6.45, 7) is 1.36. The molecule has 0 aliphatic carbocycles. The minimum atomic E-state index is -0.857. The molecule has 0 fully saturated rings. The van der Waals surface area contributed by atoms with Gasteiger partial charge in [-0.15, -0.1) is 5.26 Å². The second-order valence-corrected chi connectivity index (χ2v) is 1.36. The molecule has 0 rings (SSSR count). The van der Waals surface area contributed by atoms with Crippen LogP contribution in [0, 0.1) is 28.8 Å². The molecule has 9 heavy (non-hydrogen) atoms. The molecular weight excluding hydrogens is 120 g/mol. The zero-order valence-electron chi connectivity index (χ0n) is 4.79. The van der Waals surface area contributed by atoms with Crippen LogP contribution >= 0.6 is 0 Å². The van der Waals surface area contributed by atoms with Crippen molar-refractivity contribution in [3.05, 3.63) is 0 Å². The van der Waals surface area contributed by atoms with Gasteiger partial charge in [0, 0.05) is 0 Å². The van der Waals surface area contributed by atoms with E-state index >= 15 is 0 Å². The second-order valence-electron chi connectivity index (χ2n) is 1.36. The van der Waals surface area contributed by atoms with Gasteiger partial charge < -0.3 is 4.74 Å². The first-order valence-electron chi connectivity index (χ1n) is 2.21. The minimum absolute atomic E-state index is 0.806. The SMILES string of the molecule is CC(C#N)C(=O)OC#N. The van der Waals surface area contributed by atoms with Crippen molar-refractivity contribution in [3.8, 4) is 12.3 Å². The van der Waals surface area contributed by atoms with Crippen LogP contribution in [-0.4, -0.2) is 5.97 Å². The van der Waals surface area contributed by atoms with E-state index in [-0.39, 0.29) is 0 Å². The molecule has 0 spiro atoms. The van der Waals surface area contributed by atoms with Crippen LogP contribution in [0.1, 0.15) is 6.92 Å². The molecule has 0 N–H and O–H groups in total. The van der Waals surface area contributed by atoms with Gasteiger partial charge in [-0.25, -0.2) is 4.79 Å². The minimum Gasteiger partial charge on any atom is -0.350 e. The topological polar surface area (TPSA) is 73.9 Å². The molecular formula is C5H4N2O2. The van der Waals surface area contributed by atoms with Crippen LogP contribution in [0.25, 0.3) is 0 Å². The molecule has 0 aromatic carbocycles. The average molecular weight is 124 g/mol. The van der Waals surface area contributed by atoms with E-state index in [1.807, 2.05) is 0 Å². The van der Waals surface area contributed by atoms with E-state index in [0.29, 0.717) is 0 Å². The first-order valence-corrected chi connectivity index (χ1v) is 2.21. The zero-order valence-corrected chi connectivity index (χ0v) is 4.79. The fourth-order valence-electron chi connectivity index (χ4n) is 0.186.